The van der Waals surface area contributed by atoms with Crippen molar-refractivity contribution in [1.82, 2.24) is 4.98 Å². The number of nitrogens with two attached hydrogens (primary N) is 1. The number of hydrogen-bond acceptors (Lipinski definition) is 0. The predicted octanol–water partition coefficient (Wildman–Crippen LogP) is 5.50. The monoisotopic (exact) mass is 333 g/mol. The molecule has 0 aliphatic carbocycles. The molecular weight excluding hydrogens is 316 g/mol. The molecule has 2 heteroatoms. The molecule has 4 aromatic carbocycles. The number of benzene rings is 4. The van der Waals surface area contributed by atoms with Crippen molar-refractivity contribution < 1.29 is 5.32 Å². The lowest BCUT2D eigenvalue weighted by Gasteiger charge is -2.07. The van der Waals surface area contributed by atoms with Crippen LogP contribution in [0.3, 0.4) is 0 Å². The van der Waals surface area contributed by atoms with Gasteiger partial charge in [0.15, 0.2) is 5.69 Å². The van der Waals surface area contributed by atoms with Crippen molar-refractivity contribution in [2.24, 2.45) is 0 Å². The Bertz CT molecular complexity index is 1310. The summed E-state index contributed by atoms with van der Waals surface area (Å²) < 4.78 is 0. The molecule has 3 N–H and O–H groups in total. The Morgan fingerprint density at radius 2 is 1.19 bits per heavy atom. The molecule has 0 unspecified atom stereocenters. The van der Waals surface area contributed by atoms with E-state index in [0.29, 0.717) is 0 Å². The van der Waals surface area contributed by atoms with Crippen molar-refractivity contribution in [3.63, 3.8) is 0 Å². The molecular formula is C24H17N2+. The zero-order chi connectivity index (χ0) is 17.1. The zero-order valence-corrected chi connectivity index (χ0v) is 14.2. The van der Waals surface area contributed by atoms with Gasteiger partial charge in [-0.15, -0.1) is 0 Å². The molecule has 0 bridgehead atoms. The summed E-state index contributed by atoms with van der Waals surface area (Å²) in [7, 11) is 0. The normalized spacial score (nSPS) is 12.5. The quantitative estimate of drug-likeness (QED) is 0.373. The highest BCUT2D eigenvalue weighted by atomic mass is 14.9. The number of fused-ring (bicyclic) bond motifs is 6. The lowest BCUT2D eigenvalue weighted by molar-refractivity contribution is -0.472. The molecule has 0 saturated heterocycles. The van der Waals surface area contributed by atoms with Crippen LogP contribution in [-0.2, 0) is 0 Å². The van der Waals surface area contributed by atoms with Gasteiger partial charge in [0.05, 0.1) is 5.52 Å². The first kappa shape index (κ1) is 13.9. The van der Waals surface area contributed by atoms with Gasteiger partial charge in [0.1, 0.15) is 5.69 Å². The number of para-hydroxylation sites is 4. The molecule has 0 amide bonds. The number of nitrogens with one attached hydrogen (secondary N) is 1. The molecule has 1 aliphatic rings. The van der Waals surface area contributed by atoms with Crippen LogP contribution in [0.15, 0.2) is 84.9 Å². The third-order valence-electron chi connectivity index (χ3n) is 5.49. The highest BCUT2D eigenvalue weighted by Crippen LogP contribution is 2.42. The summed E-state index contributed by atoms with van der Waals surface area (Å²) in [6.45, 7) is 0. The van der Waals surface area contributed by atoms with Crippen LogP contribution in [0.2, 0.25) is 0 Å². The van der Waals surface area contributed by atoms with Gasteiger partial charge >= 0.3 is 0 Å². The van der Waals surface area contributed by atoms with E-state index in [1.54, 1.807) is 0 Å². The van der Waals surface area contributed by atoms with E-state index < -0.39 is 0 Å². The van der Waals surface area contributed by atoms with Gasteiger partial charge in [0, 0.05) is 44.6 Å². The molecule has 6 rings (SSSR count). The maximum absolute atomic E-state index is 3.64. The van der Waals surface area contributed by atoms with E-state index in [4.69, 9.17) is 0 Å². The van der Waals surface area contributed by atoms with E-state index in [-0.39, 0.29) is 0 Å². The highest BCUT2D eigenvalue weighted by molar-refractivity contribution is 6.12. The minimum atomic E-state index is 1.19. The summed E-state index contributed by atoms with van der Waals surface area (Å²) in [6.07, 6.45) is 0. The number of H-pyrrole nitrogens is 1. The van der Waals surface area contributed by atoms with Crippen molar-refractivity contribution in [2.45, 2.75) is 0 Å². The fourth-order valence-corrected chi connectivity index (χ4v) is 4.31. The number of hydrogen-bond donors (Lipinski definition) is 2. The summed E-state index contributed by atoms with van der Waals surface area (Å²) in [4.78, 5) is 3.64. The summed E-state index contributed by atoms with van der Waals surface area (Å²) in [5.41, 5.74) is 10.2. The van der Waals surface area contributed by atoms with E-state index in [1.807, 2.05) is 0 Å². The van der Waals surface area contributed by atoms with Crippen LogP contribution in [0, 0.1) is 0 Å². The molecule has 0 radical (unpaired) electrons. The standard InChI is InChI=1S/C24H16N2/c1-3-13-21-15(7-1)17-9-5-11-19(23(17)25-21)20-12-6-10-18-16-8-2-4-14-22(16)26-24(18)20/h1-14,25-26H/p+1. The molecule has 0 spiro atoms. The van der Waals surface area contributed by atoms with Gasteiger partial charge in [-0.1, -0.05) is 54.6 Å². The van der Waals surface area contributed by atoms with Crippen LogP contribution >= 0.6 is 0 Å². The summed E-state index contributed by atoms with van der Waals surface area (Å²) in [5.74, 6) is 0. The molecule has 0 fully saturated rings. The van der Waals surface area contributed by atoms with Gasteiger partial charge in [-0.05, 0) is 24.3 Å². The van der Waals surface area contributed by atoms with Gasteiger partial charge in [0.2, 0.25) is 0 Å². The van der Waals surface area contributed by atoms with Gasteiger partial charge in [-0.3, -0.25) is 5.32 Å². The fourth-order valence-electron chi connectivity index (χ4n) is 4.31. The number of quaternary nitrogens is 1. The Balaban J connectivity index is 1.66. The summed E-state index contributed by atoms with van der Waals surface area (Å²) in [5, 5.41) is 4.89. The first-order valence-electron chi connectivity index (χ1n) is 8.97. The van der Waals surface area contributed by atoms with Crippen molar-refractivity contribution in [2.75, 3.05) is 0 Å². The lowest BCUT2D eigenvalue weighted by atomic mass is 9.97. The molecule has 0 atom stereocenters. The first-order chi connectivity index (χ1) is 12.9. The Morgan fingerprint density at radius 3 is 2.15 bits per heavy atom. The van der Waals surface area contributed by atoms with E-state index >= 15 is 0 Å². The first-order valence-corrected chi connectivity index (χ1v) is 8.97. The SMILES string of the molecule is c1ccc2c(c1)[NH2+]c1c-2cccc1-c1cccc2c1[nH]c1ccccc12. The zero-order valence-electron chi connectivity index (χ0n) is 14.2. The van der Waals surface area contributed by atoms with Gasteiger partial charge in [0.25, 0.3) is 0 Å². The number of rotatable bonds is 1. The highest BCUT2D eigenvalue weighted by Gasteiger charge is 2.26. The van der Waals surface area contributed by atoms with Gasteiger partial charge < -0.3 is 4.98 Å². The molecule has 5 aromatic rings. The maximum Gasteiger partial charge on any atom is 0.150 e. The largest absolute Gasteiger partial charge is 0.354 e. The minimum absolute atomic E-state index is 1.19. The van der Waals surface area contributed by atoms with Crippen LogP contribution in [0.4, 0.5) is 11.4 Å². The second kappa shape index (κ2) is 5.07. The smallest absolute Gasteiger partial charge is 0.150 e. The lowest BCUT2D eigenvalue weighted by Crippen LogP contribution is -2.69. The average molecular weight is 333 g/mol. The molecule has 26 heavy (non-hydrogen) atoms. The Labute approximate surface area is 151 Å². The van der Waals surface area contributed by atoms with Crippen molar-refractivity contribution >= 4 is 33.2 Å². The molecule has 122 valence electrons. The molecule has 1 aliphatic heterocycles. The van der Waals surface area contributed by atoms with Crippen LogP contribution in [0.1, 0.15) is 0 Å². The predicted molar refractivity (Wildman–Crippen MR) is 108 cm³/mol. The second-order valence-corrected chi connectivity index (χ2v) is 6.90. The maximum atomic E-state index is 3.64. The van der Waals surface area contributed by atoms with Crippen LogP contribution in [0.25, 0.3) is 44.1 Å². The Morgan fingerprint density at radius 1 is 0.538 bits per heavy atom. The van der Waals surface area contributed by atoms with Crippen LogP contribution < -0.4 is 5.32 Å². The van der Waals surface area contributed by atoms with Crippen molar-refractivity contribution in [1.29, 1.82) is 0 Å². The number of aromatic nitrogens is 1. The van der Waals surface area contributed by atoms with Crippen LogP contribution in [-0.4, -0.2) is 4.98 Å². The Hall–Kier alpha value is -3.36. The third kappa shape index (κ3) is 1.79. The summed E-state index contributed by atoms with van der Waals surface area (Å²) >= 11 is 0. The van der Waals surface area contributed by atoms with Crippen LogP contribution in [0.5, 0.6) is 0 Å². The molecule has 2 nitrogen and oxygen atoms in total. The summed E-state index contributed by atoms with van der Waals surface area (Å²) in [6, 6.07) is 30.4. The molecule has 2 heterocycles. The van der Waals surface area contributed by atoms with Crippen molar-refractivity contribution in [3.05, 3.63) is 84.9 Å². The Kier molecular flexibility index (Phi) is 2.71. The van der Waals surface area contributed by atoms with E-state index in [2.05, 4.69) is 95.2 Å². The van der Waals surface area contributed by atoms with E-state index in [0.717, 1.165) is 0 Å². The second-order valence-electron chi connectivity index (χ2n) is 6.90. The van der Waals surface area contributed by atoms with Gasteiger partial charge in [-0.2, -0.15) is 0 Å². The van der Waals surface area contributed by atoms with Gasteiger partial charge in [-0.25, -0.2) is 0 Å². The third-order valence-corrected chi connectivity index (χ3v) is 5.49. The van der Waals surface area contributed by atoms with E-state index in [9.17, 15) is 0 Å². The number of aromatic amines is 1. The molecule has 0 saturated carbocycles. The minimum Gasteiger partial charge on any atom is -0.354 e. The molecule has 1 aromatic heterocycles. The fraction of sp³-hybridized carbons (Fsp3) is 0. The average Bonchev–Trinajstić information content (AvgIpc) is 3.26. The van der Waals surface area contributed by atoms with E-state index in [1.165, 1.54) is 55.4 Å². The topological polar surface area (TPSA) is 32.4 Å². The van der Waals surface area contributed by atoms with Crippen molar-refractivity contribution in [3.8, 4) is 22.3 Å².